The number of hydrogen-bond acceptors (Lipinski definition) is 4. The molecule has 1 spiro atoms. The van der Waals surface area contributed by atoms with Crippen molar-refractivity contribution in [3.8, 4) is 17.0 Å². The Bertz CT molecular complexity index is 1510. The summed E-state index contributed by atoms with van der Waals surface area (Å²) in [4.78, 5) is 41.6. The fourth-order valence-electron chi connectivity index (χ4n) is 5.35. The van der Waals surface area contributed by atoms with Crippen LogP contribution in [0.2, 0.25) is 0 Å². The van der Waals surface area contributed by atoms with E-state index in [0.29, 0.717) is 29.9 Å². The second kappa shape index (κ2) is 7.84. The van der Waals surface area contributed by atoms with Gasteiger partial charge in [-0.3, -0.25) is 14.5 Å². The number of carbonyl (C=O) groups excluding carboxylic acids is 3. The van der Waals surface area contributed by atoms with Crippen molar-refractivity contribution in [2.24, 2.45) is 7.05 Å². The molecule has 0 saturated carbocycles. The summed E-state index contributed by atoms with van der Waals surface area (Å²) in [5.41, 5.74) is 2.46. The zero-order chi connectivity index (χ0) is 24.2. The minimum Gasteiger partial charge on any atom is -0.493 e. The van der Waals surface area contributed by atoms with Crippen LogP contribution in [0.25, 0.3) is 22.2 Å². The van der Waals surface area contributed by atoms with E-state index in [4.69, 9.17) is 4.74 Å². The van der Waals surface area contributed by atoms with Crippen LogP contribution in [0.1, 0.15) is 22.3 Å². The van der Waals surface area contributed by atoms with Gasteiger partial charge in [-0.2, -0.15) is 0 Å². The van der Waals surface area contributed by atoms with Crippen LogP contribution in [0, 0.1) is 0 Å². The molecule has 1 saturated heterocycles. The van der Waals surface area contributed by atoms with Crippen molar-refractivity contribution in [2.75, 3.05) is 13.2 Å². The topological polar surface area (TPSA) is 80.6 Å². The van der Waals surface area contributed by atoms with E-state index in [9.17, 15) is 14.4 Å². The molecule has 1 N–H and O–H groups in total. The second-order valence-corrected chi connectivity index (χ2v) is 8.91. The summed E-state index contributed by atoms with van der Waals surface area (Å²) in [6, 6.07) is 24.0. The van der Waals surface area contributed by atoms with E-state index in [1.165, 1.54) is 0 Å². The van der Waals surface area contributed by atoms with Gasteiger partial charge in [0.05, 0.1) is 24.4 Å². The summed E-state index contributed by atoms with van der Waals surface area (Å²) < 4.78 is 7.69. The summed E-state index contributed by atoms with van der Waals surface area (Å²) in [5.74, 6) is -0.143. The summed E-state index contributed by atoms with van der Waals surface area (Å²) in [5, 5.41) is 3.66. The molecule has 174 valence electrons. The fraction of sp³-hybridized carbons (Fsp3) is 0.179. The van der Waals surface area contributed by atoms with Gasteiger partial charge >= 0.3 is 6.03 Å². The predicted octanol–water partition coefficient (Wildman–Crippen LogP) is 4.26. The number of urea groups is 1. The maximum atomic E-state index is 13.8. The molecule has 0 bridgehead atoms. The fourth-order valence-corrected chi connectivity index (χ4v) is 5.35. The van der Waals surface area contributed by atoms with Crippen molar-refractivity contribution in [1.82, 2.24) is 14.8 Å². The van der Waals surface area contributed by atoms with Gasteiger partial charge in [-0.1, -0.05) is 66.7 Å². The van der Waals surface area contributed by atoms with Gasteiger partial charge < -0.3 is 14.6 Å². The van der Waals surface area contributed by atoms with Crippen molar-refractivity contribution in [3.05, 3.63) is 90.0 Å². The molecule has 3 aromatic carbocycles. The number of rotatable bonds is 4. The molecule has 7 nitrogen and oxygen atoms in total. The van der Waals surface area contributed by atoms with Gasteiger partial charge in [0.2, 0.25) is 0 Å². The lowest BCUT2D eigenvalue weighted by atomic mass is 9.84. The molecule has 1 fully saturated rings. The average molecular weight is 466 g/mol. The first-order valence-corrected chi connectivity index (χ1v) is 11.5. The number of aromatic nitrogens is 1. The molecule has 1 atom stereocenters. The largest absolute Gasteiger partial charge is 0.493 e. The number of benzene rings is 3. The van der Waals surface area contributed by atoms with Gasteiger partial charge in [0.25, 0.3) is 5.91 Å². The maximum Gasteiger partial charge on any atom is 0.325 e. The highest BCUT2D eigenvalue weighted by Gasteiger charge is 2.55. The number of ketones is 1. The lowest BCUT2D eigenvalue weighted by Gasteiger charge is -2.33. The van der Waals surface area contributed by atoms with E-state index < -0.39 is 17.5 Å². The molecule has 1 aromatic heterocycles. The number of nitrogens with one attached hydrogen (secondary N) is 1. The van der Waals surface area contributed by atoms with Crippen molar-refractivity contribution < 1.29 is 19.1 Å². The van der Waals surface area contributed by atoms with E-state index in [2.05, 4.69) is 5.32 Å². The highest BCUT2D eigenvalue weighted by Crippen LogP contribution is 2.41. The monoisotopic (exact) mass is 465 g/mol. The first-order valence-electron chi connectivity index (χ1n) is 11.5. The number of hydrogen-bond donors (Lipinski definition) is 1. The van der Waals surface area contributed by atoms with Crippen molar-refractivity contribution in [1.29, 1.82) is 0 Å². The average Bonchev–Trinajstić information content (AvgIpc) is 3.31. The zero-order valence-electron chi connectivity index (χ0n) is 19.2. The van der Waals surface area contributed by atoms with Gasteiger partial charge in [-0.15, -0.1) is 0 Å². The third-order valence-corrected chi connectivity index (χ3v) is 6.99. The van der Waals surface area contributed by atoms with Crippen LogP contribution < -0.4 is 10.1 Å². The normalized spacial score (nSPS) is 19.1. The van der Waals surface area contributed by atoms with Crippen LogP contribution in [0.15, 0.2) is 78.9 Å². The van der Waals surface area contributed by atoms with Crippen LogP contribution in [0.5, 0.6) is 5.75 Å². The molecule has 2 aliphatic rings. The molecular weight excluding hydrogens is 442 g/mol. The molecule has 6 rings (SSSR count). The maximum absolute atomic E-state index is 13.8. The SMILES string of the molecule is Cn1c(-c2ccccc2)c(C(=O)CN2C(=O)N[C@]3(CCOc4ccccc43)C2=O)c2ccccc21. The molecule has 0 radical (unpaired) electrons. The molecule has 0 unspecified atom stereocenters. The lowest BCUT2D eigenvalue weighted by molar-refractivity contribution is -0.132. The minimum atomic E-state index is -1.22. The van der Waals surface area contributed by atoms with Gasteiger partial charge in [-0.05, 0) is 17.7 Å². The van der Waals surface area contributed by atoms with Gasteiger partial charge in [0.15, 0.2) is 11.3 Å². The number of fused-ring (bicyclic) bond motifs is 3. The Labute approximate surface area is 201 Å². The quantitative estimate of drug-likeness (QED) is 0.361. The van der Waals surface area contributed by atoms with Crippen LogP contribution in [0.4, 0.5) is 4.79 Å². The third-order valence-electron chi connectivity index (χ3n) is 6.99. The molecule has 2 aliphatic heterocycles. The first-order chi connectivity index (χ1) is 17.0. The highest BCUT2D eigenvalue weighted by atomic mass is 16.5. The van der Waals surface area contributed by atoms with Crippen LogP contribution in [-0.4, -0.2) is 40.3 Å². The number of aryl methyl sites for hydroxylation is 1. The zero-order valence-corrected chi connectivity index (χ0v) is 19.2. The lowest BCUT2D eigenvalue weighted by Crippen LogP contribution is -2.47. The number of ether oxygens (including phenoxy) is 1. The Hall–Kier alpha value is -4.39. The molecule has 35 heavy (non-hydrogen) atoms. The van der Waals surface area contributed by atoms with E-state index in [1.807, 2.05) is 78.3 Å². The predicted molar refractivity (Wildman–Crippen MR) is 131 cm³/mol. The number of Topliss-reactive ketones (excluding diaryl/α,β-unsaturated/α-hetero) is 1. The minimum absolute atomic E-state index is 0.290. The first kappa shape index (κ1) is 21.2. The summed E-state index contributed by atoms with van der Waals surface area (Å²) in [6.45, 7) is -0.0461. The number of carbonyl (C=O) groups is 3. The number of imide groups is 1. The number of amides is 3. The van der Waals surface area contributed by atoms with Crippen molar-refractivity contribution in [3.63, 3.8) is 0 Å². The number of para-hydroxylation sites is 2. The van der Waals surface area contributed by atoms with Crippen LogP contribution >= 0.6 is 0 Å². The van der Waals surface area contributed by atoms with Crippen LogP contribution in [-0.2, 0) is 17.4 Å². The molecular formula is C28H23N3O4. The smallest absolute Gasteiger partial charge is 0.325 e. The summed E-state index contributed by atoms with van der Waals surface area (Å²) >= 11 is 0. The molecule has 7 heteroatoms. The Balaban J connectivity index is 1.41. The van der Waals surface area contributed by atoms with E-state index in [1.54, 1.807) is 12.1 Å². The van der Waals surface area contributed by atoms with Crippen molar-refractivity contribution in [2.45, 2.75) is 12.0 Å². The molecule has 0 aliphatic carbocycles. The van der Waals surface area contributed by atoms with Crippen molar-refractivity contribution >= 4 is 28.6 Å². The molecule has 3 amide bonds. The van der Waals surface area contributed by atoms with E-state index >= 15 is 0 Å². The van der Waals surface area contributed by atoms with Crippen LogP contribution in [0.3, 0.4) is 0 Å². The van der Waals surface area contributed by atoms with E-state index in [-0.39, 0.29) is 12.3 Å². The summed E-state index contributed by atoms with van der Waals surface area (Å²) in [6.07, 6.45) is 0.308. The molecule has 4 aromatic rings. The third kappa shape index (κ3) is 3.08. The second-order valence-electron chi connectivity index (χ2n) is 8.91. The van der Waals surface area contributed by atoms with Gasteiger partial charge in [0, 0.05) is 29.9 Å². The Morgan fingerprint density at radius 3 is 2.51 bits per heavy atom. The summed E-state index contributed by atoms with van der Waals surface area (Å²) in [7, 11) is 1.92. The van der Waals surface area contributed by atoms with E-state index in [0.717, 1.165) is 27.1 Å². The Morgan fingerprint density at radius 2 is 1.69 bits per heavy atom. The highest BCUT2D eigenvalue weighted by molar-refractivity contribution is 6.17. The number of nitrogens with zero attached hydrogens (tertiary/aromatic N) is 2. The van der Waals surface area contributed by atoms with Gasteiger partial charge in [0.1, 0.15) is 5.75 Å². The Kier molecular flexibility index (Phi) is 4.74. The molecule has 3 heterocycles. The van der Waals surface area contributed by atoms with Gasteiger partial charge in [-0.25, -0.2) is 4.79 Å². The standard InChI is InChI=1S/C28H23N3O4/c1-30-21-13-7-5-11-19(21)24(25(30)18-9-3-2-4-10-18)22(32)17-31-26(33)28(29-27(31)34)15-16-35-23-14-8-6-12-20(23)28/h2-14H,15-17H2,1H3,(H,29,34)/t28-/m0/s1. The Morgan fingerprint density at radius 1 is 0.971 bits per heavy atom.